The maximum atomic E-state index is 5.75. The van der Waals surface area contributed by atoms with Crippen molar-refractivity contribution in [2.75, 3.05) is 5.73 Å². The number of nitrogens with two attached hydrogens (primary N) is 1. The Kier molecular flexibility index (Phi) is 1.45. The number of benzene rings is 1. The molecule has 1 aromatic carbocycles. The molecule has 0 atom stereocenters. The van der Waals surface area contributed by atoms with Crippen LogP contribution in [0.15, 0.2) is 28.7 Å². The zero-order valence-electron chi connectivity index (χ0n) is 7.79. The van der Waals surface area contributed by atoms with Crippen LogP contribution in [0, 0.1) is 0 Å². The van der Waals surface area contributed by atoms with E-state index in [2.05, 4.69) is 12.2 Å². The number of hydrogen-bond donors (Lipinski definition) is 1. The van der Waals surface area contributed by atoms with Crippen molar-refractivity contribution in [3.8, 4) is 0 Å². The molecule has 0 bridgehead atoms. The molecule has 3 rings (SSSR count). The van der Waals surface area contributed by atoms with E-state index in [0.717, 1.165) is 35.3 Å². The van der Waals surface area contributed by atoms with Crippen molar-refractivity contribution in [1.29, 1.82) is 0 Å². The molecule has 0 aliphatic heterocycles. The zero-order valence-corrected chi connectivity index (χ0v) is 7.79. The predicted octanol–water partition coefficient (Wildman–Crippen LogP) is 2.97. The van der Waals surface area contributed by atoms with Crippen molar-refractivity contribution in [1.82, 2.24) is 0 Å². The molecule has 0 fully saturated rings. The highest BCUT2D eigenvalue weighted by Crippen LogP contribution is 2.31. The average Bonchev–Trinajstić information content (AvgIpc) is 2.56. The molecule has 1 aromatic heterocycles. The molecule has 2 N–H and O–H groups in total. The molecule has 14 heavy (non-hydrogen) atoms. The van der Waals surface area contributed by atoms with Gasteiger partial charge < -0.3 is 10.2 Å². The third-order valence-electron chi connectivity index (χ3n) is 2.65. The van der Waals surface area contributed by atoms with Gasteiger partial charge in [0.2, 0.25) is 0 Å². The molecule has 1 aliphatic rings. The first-order chi connectivity index (χ1) is 6.84. The van der Waals surface area contributed by atoms with Crippen LogP contribution in [0.2, 0.25) is 0 Å². The first-order valence-electron chi connectivity index (χ1n) is 4.82. The molecule has 0 radical (unpaired) electrons. The molecule has 0 unspecified atom stereocenters. The van der Waals surface area contributed by atoms with Crippen molar-refractivity contribution in [3.63, 3.8) is 0 Å². The zero-order chi connectivity index (χ0) is 9.54. The van der Waals surface area contributed by atoms with Crippen LogP contribution in [0.5, 0.6) is 0 Å². The van der Waals surface area contributed by atoms with E-state index in [-0.39, 0.29) is 0 Å². The summed E-state index contributed by atoms with van der Waals surface area (Å²) in [5.41, 5.74) is 8.69. The topological polar surface area (TPSA) is 39.2 Å². The van der Waals surface area contributed by atoms with Gasteiger partial charge in [-0.1, -0.05) is 12.2 Å². The number of fused-ring (bicyclic) bond motifs is 3. The highest BCUT2D eigenvalue weighted by atomic mass is 16.3. The number of furan rings is 1. The summed E-state index contributed by atoms with van der Waals surface area (Å²) in [6.45, 7) is 0. The van der Waals surface area contributed by atoms with Crippen molar-refractivity contribution in [3.05, 3.63) is 35.6 Å². The summed E-state index contributed by atoms with van der Waals surface area (Å²) in [4.78, 5) is 0. The molecule has 0 saturated heterocycles. The van der Waals surface area contributed by atoms with E-state index < -0.39 is 0 Å². The van der Waals surface area contributed by atoms with E-state index in [1.807, 2.05) is 18.2 Å². The smallest absolute Gasteiger partial charge is 0.135 e. The number of nitrogen functional groups attached to an aromatic ring is 1. The van der Waals surface area contributed by atoms with Crippen LogP contribution < -0.4 is 5.73 Å². The highest BCUT2D eigenvalue weighted by molar-refractivity contribution is 5.91. The Labute approximate surface area is 82.0 Å². The quantitative estimate of drug-likeness (QED) is 0.641. The number of anilines is 1. The van der Waals surface area contributed by atoms with Gasteiger partial charge in [0.15, 0.2) is 0 Å². The van der Waals surface area contributed by atoms with E-state index in [0.29, 0.717) is 0 Å². The number of aryl methyl sites for hydroxylation is 1. The SMILES string of the molecule is Nc1ccc2oc3c(c2c1)C=CCC3. The Balaban J connectivity index is 2.39. The van der Waals surface area contributed by atoms with Gasteiger partial charge in [-0.05, 0) is 24.6 Å². The first-order valence-corrected chi connectivity index (χ1v) is 4.82. The summed E-state index contributed by atoms with van der Waals surface area (Å²) in [5, 5.41) is 1.14. The van der Waals surface area contributed by atoms with Gasteiger partial charge >= 0.3 is 0 Å². The van der Waals surface area contributed by atoms with Crippen LogP contribution in [0.3, 0.4) is 0 Å². The van der Waals surface area contributed by atoms with Crippen molar-refractivity contribution in [2.24, 2.45) is 0 Å². The van der Waals surface area contributed by atoms with Gasteiger partial charge in [0.25, 0.3) is 0 Å². The van der Waals surface area contributed by atoms with Gasteiger partial charge in [-0.2, -0.15) is 0 Å². The maximum Gasteiger partial charge on any atom is 0.135 e. The van der Waals surface area contributed by atoms with Crippen LogP contribution >= 0.6 is 0 Å². The number of hydrogen-bond acceptors (Lipinski definition) is 2. The summed E-state index contributed by atoms with van der Waals surface area (Å²) in [6.07, 6.45) is 6.38. The lowest BCUT2D eigenvalue weighted by molar-refractivity contribution is 0.546. The summed E-state index contributed by atoms with van der Waals surface area (Å²) >= 11 is 0. The van der Waals surface area contributed by atoms with Gasteiger partial charge in [-0.25, -0.2) is 0 Å². The van der Waals surface area contributed by atoms with E-state index in [1.54, 1.807) is 0 Å². The van der Waals surface area contributed by atoms with Crippen LogP contribution in [-0.2, 0) is 6.42 Å². The van der Waals surface area contributed by atoms with Gasteiger partial charge in [0.1, 0.15) is 11.3 Å². The fourth-order valence-electron chi connectivity index (χ4n) is 1.97. The van der Waals surface area contributed by atoms with Crippen LogP contribution in [0.1, 0.15) is 17.7 Å². The average molecular weight is 185 g/mol. The fourth-order valence-corrected chi connectivity index (χ4v) is 1.97. The molecule has 2 heteroatoms. The molecule has 0 saturated carbocycles. The standard InChI is InChI=1S/C12H11NO/c13-8-5-6-12-10(7-8)9-3-1-2-4-11(9)14-12/h1,3,5-7H,2,4,13H2. The lowest BCUT2D eigenvalue weighted by Crippen LogP contribution is -1.88. The summed E-state index contributed by atoms with van der Waals surface area (Å²) < 4.78 is 5.74. The Morgan fingerprint density at radius 1 is 1.29 bits per heavy atom. The monoisotopic (exact) mass is 185 g/mol. The Morgan fingerprint density at radius 2 is 2.21 bits per heavy atom. The number of allylic oxidation sites excluding steroid dienone is 1. The number of rotatable bonds is 0. The van der Waals surface area contributed by atoms with Crippen molar-refractivity contribution < 1.29 is 4.42 Å². The minimum atomic E-state index is 0.792. The minimum Gasteiger partial charge on any atom is -0.460 e. The molecular weight excluding hydrogens is 174 g/mol. The molecular formula is C12H11NO. The Hall–Kier alpha value is -1.70. The van der Waals surface area contributed by atoms with Gasteiger partial charge in [-0.15, -0.1) is 0 Å². The summed E-state index contributed by atoms with van der Waals surface area (Å²) in [5.74, 6) is 1.09. The summed E-state index contributed by atoms with van der Waals surface area (Å²) in [7, 11) is 0. The molecule has 0 spiro atoms. The Bertz CT molecular complexity index is 522. The second kappa shape index (κ2) is 2.64. The predicted molar refractivity (Wildman–Crippen MR) is 58.0 cm³/mol. The molecule has 1 heterocycles. The molecule has 70 valence electrons. The minimum absolute atomic E-state index is 0.792. The van der Waals surface area contributed by atoms with Crippen LogP contribution in [0.25, 0.3) is 17.0 Å². The fraction of sp³-hybridized carbons (Fsp3) is 0.167. The van der Waals surface area contributed by atoms with Gasteiger partial charge in [0, 0.05) is 23.1 Å². The molecule has 2 aromatic rings. The second-order valence-electron chi connectivity index (χ2n) is 3.64. The summed E-state index contributed by atoms with van der Waals surface area (Å²) in [6, 6.07) is 5.80. The van der Waals surface area contributed by atoms with Crippen molar-refractivity contribution in [2.45, 2.75) is 12.8 Å². The van der Waals surface area contributed by atoms with E-state index in [1.165, 1.54) is 5.56 Å². The highest BCUT2D eigenvalue weighted by Gasteiger charge is 2.13. The van der Waals surface area contributed by atoms with E-state index in [4.69, 9.17) is 10.2 Å². The van der Waals surface area contributed by atoms with E-state index >= 15 is 0 Å². The van der Waals surface area contributed by atoms with Gasteiger partial charge in [0.05, 0.1) is 0 Å². The first kappa shape index (κ1) is 7.68. The molecule has 2 nitrogen and oxygen atoms in total. The van der Waals surface area contributed by atoms with Gasteiger partial charge in [-0.3, -0.25) is 0 Å². The lowest BCUT2D eigenvalue weighted by atomic mass is 10.0. The van der Waals surface area contributed by atoms with Crippen LogP contribution in [0.4, 0.5) is 5.69 Å². The second-order valence-corrected chi connectivity index (χ2v) is 3.64. The Morgan fingerprint density at radius 3 is 3.14 bits per heavy atom. The normalized spacial score (nSPS) is 14.6. The molecule has 1 aliphatic carbocycles. The third-order valence-corrected chi connectivity index (χ3v) is 2.65. The van der Waals surface area contributed by atoms with Crippen molar-refractivity contribution >= 4 is 22.7 Å². The lowest BCUT2D eigenvalue weighted by Gasteiger charge is -2.01. The van der Waals surface area contributed by atoms with E-state index in [9.17, 15) is 0 Å². The molecule has 0 amide bonds. The third kappa shape index (κ3) is 0.970. The maximum absolute atomic E-state index is 5.75. The van der Waals surface area contributed by atoms with Crippen LogP contribution in [-0.4, -0.2) is 0 Å². The largest absolute Gasteiger partial charge is 0.460 e.